The molecule has 0 unspecified atom stereocenters. The first-order valence-corrected chi connectivity index (χ1v) is 7.74. The number of guanidine groups is 1. The van der Waals surface area contributed by atoms with Gasteiger partial charge in [-0.1, -0.05) is 22.0 Å². The van der Waals surface area contributed by atoms with Crippen LogP contribution in [0.2, 0.25) is 0 Å². The van der Waals surface area contributed by atoms with Crippen molar-refractivity contribution in [2.75, 3.05) is 26.8 Å². The third kappa shape index (κ3) is 6.39. The Morgan fingerprint density at radius 3 is 2.80 bits per heavy atom. The molecule has 1 rings (SSSR count). The van der Waals surface area contributed by atoms with E-state index in [1.165, 1.54) is 11.1 Å². The van der Waals surface area contributed by atoms with E-state index in [-0.39, 0.29) is 0 Å². The maximum absolute atomic E-state index is 5.30. The molecule has 2 N–H and O–H groups in total. The predicted molar refractivity (Wildman–Crippen MR) is 88.2 cm³/mol. The fraction of sp³-hybridized carbons (Fsp3) is 0.533. The Labute approximate surface area is 130 Å². The van der Waals surface area contributed by atoms with Crippen LogP contribution in [0.3, 0.4) is 0 Å². The second-order valence-electron chi connectivity index (χ2n) is 4.47. The molecule has 112 valence electrons. The first-order valence-electron chi connectivity index (χ1n) is 6.94. The fourth-order valence-electron chi connectivity index (χ4n) is 1.78. The minimum Gasteiger partial charge on any atom is -0.382 e. The van der Waals surface area contributed by atoms with Crippen molar-refractivity contribution < 1.29 is 4.74 Å². The van der Waals surface area contributed by atoms with Crippen molar-refractivity contribution in [3.63, 3.8) is 0 Å². The van der Waals surface area contributed by atoms with Gasteiger partial charge in [-0.2, -0.15) is 0 Å². The second kappa shape index (κ2) is 9.77. The Hall–Kier alpha value is -1.07. The molecule has 0 bridgehead atoms. The first-order chi connectivity index (χ1) is 9.67. The molecule has 20 heavy (non-hydrogen) atoms. The Bertz CT molecular complexity index is 435. The lowest BCUT2D eigenvalue weighted by Gasteiger charge is -2.13. The van der Waals surface area contributed by atoms with Gasteiger partial charge in [-0.25, -0.2) is 0 Å². The number of aliphatic imine (C=N–C) groups is 1. The monoisotopic (exact) mass is 341 g/mol. The summed E-state index contributed by atoms with van der Waals surface area (Å²) in [6.07, 6.45) is 0.978. The van der Waals surface area contributed by atoms with Gasteiger partial charge in [0.15, 0.2) is 5.96 Å². The van der Waals surface area contributed by atoms with Gasteiger partial charge in [0.2, 0.25) is 0 Å². The molecule has 0 fully saturated rings. The molecule has 1 aromatic carbocycles. The Morgan fingerprint density at radius 2 is 2.15 bits per heavy atom. The summed E-state index contributed by atoms with van der Waals surface area (Å²) in [5.41, 5.74) is 2.53. The highest BCUT2D eigenvalue weighted by atomic mass is 79.9. The van der Waals surface area contributed by atoms with Gasteiger partial charge in [-0.05, 0) is 43.5 Å². The van der Waals surface area contributed by atoms with Crippen molar-refractivity contribution in [1.82, 2.24) is 10.6 Å². The minimum absolute atomic E-state index is 0.768. The molecule has 1 aromatic rings. The number of hydrogen-bond donors (Lipinski definition) is 2. The summed E-state index contributed by atoms with van der Waals surface area (Å²) in [4.78, 5) is 4.21. The van der Waals surface area contributed by atoms with E-state index in [1.54, 1.807) is 7.05 Å². The second-order valence-corrected chi connectivity index (χ2v) is 5.39. The number of benzene rings is 1. The van der Waals surface area contributed by atoms with Gasteiger partial charge >= 0.3 is 0 Å². The summed E-state index contributed by atoms with van der Waals surface area (Å²) < 4.78 is 6.41. The number of rotatable bonds is 7. The molecule has 0 aliphatic carbocycles. The van der Waals surface area contributed by atoms with E-state index in [9.17, 15) is 0 Å². The lowest BCUT2D eigenvalue weighted by atomic mass is 10.1. The van der Waals surface area contributed by atoms with Crippen LogP contribution in [0.15, 0.2) is 27.7 Å². The molecule has 0 radical (unpaired) electrons. The van der Waals surface area contributed by atoms with Crippen molar-refractivity contribution in [3.8, 4) is 0 Å². The Morgan fingerprint density at radius 1 is 1.35 bits per heavy atom. The largest absolute Gasteiger partial charge is 0.382 e. The highest BCUT2D eigenvalue weighted by Crippen LogP contribution is 2.15. The smallest absolute Gasteiger partial charge is 0.191 e. The van der Waals surface area contributed by atoms with E-state index < -0.39 is 0 Å². The van der Waals surface area contributed by atoms with Crippen LogP contribution in [0.5, 0.6) is 0 Å². The molecule has 0 heterocycles. The molecular weight excluding hydrogens is 318 g/mol. The molecule has 0 aliphatic rings. The zero-order valence-corrected chi connectivity index (χ0v) is 14.1. The van der Waals surface area contributed by atoms with Gasteiger partial charge in [-0.15, -0.1) is 0 Å². The van der Waals surface area contributed by atoms with Crippen molar-refractivity contribution >= 4 is 21.9 Å². The third-order valence-electron chi connectivity index (χ3n) is 2.94. The Balaban J connectivity index is 2.34. The normalized spacial score (nSPS) is 11.5. The number of halogens is 1. The molecular formula is C15H24BrN3O. The average Bonchev–Trinajstić information content (AvgIpc) is 2.43. The predicted octanol–water partition coefficient (Wildman–Crippen LogP) is 2.85. The van der Waals surface area contributed by atoms with E-state index in [0.717, 1.165) is 43.2 Å². The molecule has 0 aliphatic heterocycles. The molecule has 5 heteroatoms. The summed E-state index contributed by atoms with van der Waals surface area (Å²) in [7, 11) is 1.78. The lowest BCUT2D eigenvalue weighted by molar-refractivity contribution is 0.145. The van der Waals surface area contributed by atoms with Crippen molar-refractivity contribution in [2.45, 2.75) is 26.8 Å². The van der Waals surface area contributed by atoms with Gasteiger partial charge in [-0.3, -0.25) is 4.99 Å². The van der Waals surface area contributed by atoms with Crippen LogP contribution in [0.1, 0.15) is 24.5 Å². The Kier molecular flexibility index (Phi) is 8.30. The van der Waals surface area contributed by atoms with E-state index in [2.05, 4.69) is 56.7 Å². The highest BCUT2D eigenvalue weighted by Gasteiger charge is 2.01. The summed E-state index contributed by atoms with van der Waals surface area (Å²) in [5, 5.41) is 6.60. The zero-order chi connectivity index (χ0) is 14.8. The van der Waals surface area contributed by atoms with Crippen molar-refractivity contribution in [2.24, 2.45) is 4.99 Å². The number of hydrogen-bond acceptors (Lipinski definition) is 2. The van der Waals surface area contributed by atoms with Gasteiger partial charge in [0, 0.05) is 37.8 Å². The summed E-state index contributed by atoms with van der Waals surface area (Å²) in [5.74, 6) is 0.823. The van der Waals surface area contributed by atoms with E-state index in [1.807, 2.05) is 6.92 Å². The van der Waals surface area contributed by atoms with E-state index >= 15 is 0 Å². The van der Waals surface area contributed by atoms with Gasteiger partial charge in [0.1, 0.15) is 0 Å². The van der Waals surface area contributed by atoms with Crippen molar-refractivity contribution in [1.29, 1.82) is 0 Å². The maximum Gasteiger partial charge on any atom is 0.191 e. The minimum atomic E-state index is 0.768. The summed E-state index contributed by atoms with van der Waals surface area (Å²) in [6.45, 7) is 7.31. The zero-order valence-electron chi connectivity index (χ0n) is 12.5. The first kappa shape index (κ1) is 17.0. The van der Waals surface area contributed by atoms with Gasteiger partial charge in [0.05, 0.1) is 0 Å². The summed E-state index contributed by atoms with van der Waals surface area (Å²) >= 11 is 3.48. The van der Waals surface area contributed by atoms with Gasteiger partial charge in [0.25, 0.3) is 0 Å². The number of ether oxygens (including phenoxy) is 1. The fourth-order valence-corrected chi connectivity index (χ4v) is 2.26. The summed E-state index contributed by atoms with van der Waals surface area (Å²) in [6, 6.07) is 6.30. The topological polar surface area (TPSA) is 45.6 Å². The van der Waals surface area contributed by atoms with E-state index in [0.29, 0.717) is 0 Å². The molecule has 0 saturated heterocycles. The average molecular weight is 342 g/mol. The quantitative estimate of drug-likeness (QED) is 0.455. The number of nitrogens with zero attached hydrogens (tertiary/aromatic N) is 1. The van der Waals surface area contributed by atoms with Gasteiger partial charge < -0.3 is 15.4 Å². The van der Waals surface area contributed by atoms with Crippen LogP contribution in [0.25, 0.3) is 0 Å². The molecule has 4 nitrogen and oxygen atoms in total. The molecule has 0 saturated carbocycles. The maximum atomic E-state index is 5.30. The lowest BCUT2D eigenvalue weighted by Crippen LogP contribution is -2.37. The number of nitrogens with one attached hydrogen (secondary N) is 2. The van der Waals surface area contributed by atoms with Crippen LogP contribution in [0.4, 0.5) is 0 Å². The molecule has 0 spiro atoms. The third-order valence-corrected chi connectivity index (χ3v) is 3.43. The van der Waals surface area contributed by atoms with Crippen molar-refractivity contribution in [3.05, 3.63) is 33.8 Å². The SMILES string of the molecule is CCOCCCNC(=NC)NCc1ccc(Br)cc1C. The highest BCUT2D eigenvalue weighted by molar-refractivity contribution is 9.10. The van der Waals surface area contributed by atoms with Crippen LogP contribution in [0, 0.1) is 6.92 Å². The molecule has 0 aromatic heterocycles. The standard InChI is InChI=1S/C15H24BrN3O/c1-4-20-9-5-8-18-15(17-3)19-11-13-6-7-14(16)10-12(13)2/h6-7,10H,4-5,8-9,11H2,1-3H3,(H2,17,18,19). The van der Waals surface area contributed by atoms with Crippen LogP contribution in [-0.4, -0.2) is 32.8 Å². The number of aryl methyl sites for hydroxylation is 1. The van der Waals surface area contributed by atoms with Crippen LogP contribution < -0.4 is 10.6 Å². The molecule has 0 atom stereocenters. The molecule has 0 amide bonds. The van der Waals surface area contributed by atoms with E-state index in [4.69, 9.17) is 4.74 Å². The van der Waals surface area contributed by atoms with Crippen LogP contribution >= 0.6 is 15.9 Å². The van der Waals surface area contributed by atoms with Crippen LogP contribution in [-0.2, 0) is 11.3 Å².